The second-order valence-corrected chi connectivity index (χ2v) is 2.63. The zero-order valence-electron chi connectivity index (χ0n) is 6.24. The number of piperazine rings is 1. The summed E-state index contributed by atoms with van der Waals surface area (Å²) in [6.07, 6.45) is -5.51. The second-order valence-electron chi connectivity index (χ2n) is 2.63. The summed E-state index contributed by atoms with van der Waals surface area (Å²) in [4.78, 5) is 0. The van der Waals surface area contributed by atoms with E-state index in [9.17, 15) is 17.6 Å². The maximum absolute atomic E-state index is 12.1. The first-order chi connectivity index (χ1) is 5.63. The molecular formula is C6H10F4N2. The first-order valence-electron chi connectivity index (χ1n) is 3.66. The molecule has 2 N–H and O–H groups in total. The van der Waals surface area contributed by atoms with Crippen LogP contribution in [-0.4, -0.2) is 38.0 Å². The molecule has 0 spiro atoms. The van der Waals surface area contributed by atoms with Gasteiger partial charge in [0.25, 0.3) is 12.9 Å². The Morgan fingerprint density at radius 3 is 1.42 bits per heavy atom. The highest BCUT2D eigenvalue weighted by Crippen LogP contribution is 2.14. The number of rotatable bonds is 2. The molecule has 0 aliphatic carbocycles. The molecule has 2 nitrogen and oxygen atoms in total. The Bertz CT molecular complexity index is 126. The Kier molecular flexibility index (Phi) is 3.28. The molecule has 0 aromatic heterocycles. The highest BCUT2D eigenvalue weighted by atomic mass is 19.3. The van der Waals surface area contributed by atoms with Gasteiger partial charge in [-0.25, -0.2) is 17.6 Å². The van der Waals surface area contributed by atoms with Crippen LogP contribution in [0.25, 0.3) is 0 Å². The summed E-state index contributed by atoms with van der Waals surface area (Å²) < 4.78 is 48.4. The van der Waals surface area contributed by atoms with Crippen LogP contribution in [0, 0.1) is 0 Å². The molecule has 0 aromatic carbocycles. The summed E-state index contributed by atoms with van der Waals surface area (Å²) in [6, 6.07) is -2.86. The van der Waals surface area contributed by atoms with E-state index in [4.69, 9.17) is 0 Å². The van der Waals surface area contributed by atoms with E-state index >= 15 is 0 Å². The number of hydrogen-bond acceptors (Lipinski definition) is 2. The van der Waals surface area contributed by atoms with Crippen molar-refractivity contribution >= 4 is 0 Å². The fraction of sp³-hybridized carbons (Fsp3) is 1.00. The van der Waals surface area contributed by atoms with Gasteiger partial charge in [-0.05, 0) is 0 Å². The molecule has 1 fully saturated rings. The molecule has 72 valence electrons. The first-order valence-corrected chi connectivity index (χ1v) is 3.66. The van der Waals surface area contributed by atoms with Crippen LogP contribution in [0.3, 0.4) is 0 Å². The van der Waals surface area contributed by atoms with Gasteiger partial charge < -0.3 is 10.6 Å². The molecule has 0 aromatic rings. The molecule has 1 heterocycles. The van der Waals surface area contributed by atoms with E-state index < -0.39 is 24.9 Å². The van der Waals surface area contributed by atoms with Gasteiger partial charge in [0, 0.05) is 13.1 Å². The fourth-order valence-electron chi connectivity index (χ4n) is 1.22. The van der Waals surface area contributed by atoms with Crippen molar-refractivity contribution in [2.75, 3.05) is 13.1 Å². The Morgan fingerprint density at radius 2 is 1.17 bits per heavy atom. The average molecular weight is 186 g/mol. The number of hydrogen-bond donors (Lipinski definition) is 2. The Balaban J connectivity index is 2.54. The molecule has 1 aliphatic rings. The van der Waals surface area contributed by atoms with Crippen LogP contribution >= 0.6 is 0 Å². The van der Waals surface area contributed by atoms with Gasteiger partial charge in [0.15, 0.2) is 0 Å². The lowest BCUT2D eigenvalue weighted by Crippen LogP contribution is -2.61. The largest absolute Gasteiger partial charge is 0.306 e. The topological polar surface area (TPSA) is 24.1 Å². The molecule has 12 heavy (non-hydrogen) atoms. The number of alkyl halides is 4. The number of nitrogens with one attached hydrogen (secondary N) is 2. The minimum Gasteiger partial charge on any atom is -0.306 e. The Labute approximate surface area is 67.3 Å². The van der Waals surface area contributed by atoms with Crippen molar-refractivity contribution in [2.45, 2.75) is 24.9 Å². The van der Waals surface area contributed by atoms with E-state index in [0.717, 1.165) is 0 Å². The van der Waals surface area contributed by atoms with Gasteiger partial charge in [0.05, 0.1) is 12.1 Å². The molecule has 1 rings (SSSR count). The molecule has 6 heteroatoms. The maximum atomic E-state index is 12.1. The summed E-state index contributed by atoms with van der Waals surface area (Å²) in [6.45, 7) is 0.608. The van der Waals surface area contributed by atoms with E-state index in [1.54, 1.807) is 0 Å². The average Bonchev–Trinajstić information content (AvgIpc) is 2.04. The van der Waals surface area contributed by atoms with Crippen LogP contribution in [0.2, 0.25) is 0 Å². The van der Waals surface area contributed by atoms with Crippen LogP contribution in [0.4, 0.5) is 17.6 Å². The van der Waals surface area contributed by atoms with Crippen molar-refractivity contribution in [3.05, 3.63) is 0 Å². The smallest absolute Gasteiger partial charge is 0.255 e. The monoisotopic (exact) mass is 186 g/mol. The zero-order valence-corrected chi connectivity index (χ0v) is 6.24. The highest BCUT2D eigenvalue weighted by Gasteiger charge is 2.37. The Morgan fingerprint density at radius 1 is 0.833 bits per heavy atom. The molecule has 0 amide bonds. The minimum atomic E-state index is -2.75. The van der Waals surface area contributed by atoms with Crippen molar-refractivity contribution in [3.8, 4) is 0 Å². The molecular weight excluding hydrogens is 176 g/mol. The van der Waals surface area contributed by atoms with Crippen molar-refractivity contribution in [3.63, 3.8) is 0 Å². The zero-order chi connectivity index (χ0) is 9.14. The van der Waals surface area contributed by atoms with Gasteiger partial charge >= 0.3 is 0 Å². The normalized spacial score (nSPS) is 31.5. The lowest BCUT2D eigenvalue weighted by molar-refractivity contribution is 0.00681. The van der Waals surface area contributed by atoms with Crippen LogP contribution < -0.4 is 10.6 Å². The van der Waals surface area contributed by atoms with Crippen LogP contribution in [-0.2, 0) is 0 Å². The van der Waals surface area contributed by atoms with Gasteiger partial charge in [-0.2, -0.15) is 0 Å². The predicted molar refractivity (Wildman–Crippen MR) is 35.6 cm³/mol. The van der Waals surface area contributed by atoms with Gasteiger partial charge in [-0.3, -0.25) is 0 Å². The third kappa shape index (κ3) is 2.07. The molecule has 2 unspecified atom stereocenters. The molecule has 0 radical (unpaired) electrons. The summed E-state index contributed by atoms with van der Waals surface area (Å²) in [7, 11) is 0. The summed E-state index contributed by atoms with van der Waals surface area (Å²) >= 11 is 0. The minimum absolute atomic E-state index is 0.304. The van der Waals surface area contributed by atoms with Crippen LogP contribution in [0.15, 0.2) is 0 Å². The fourth-order valence-corrected chi connectivity index (χ4v) is 1.22. The van der Waals surface area contributed by atoms with E-state index in [0.29, 0.717) is 13.1 Å². The van der Waals surface area contributed by atoms with E-state index in [-0.39, 0.29) is 0 Å². The Hall–Kier alpha value is -0.360. The van der Waals surface area contributed by atoms with Crippen molar-refractivity contribution in [1.29, 1.82) is 0 Å². The van der Waals surface area contributed by atoms with Crippen molar-refractivity contribution in [1.82, 2.24) is 10.6 Å². The van der Waals surface area contributed by atoms with Gasteiger partial charge in [0.1, 0.15) is 0 Å². The van der Waals surface area contributed by atoms with Crippen LogP contribution in [0.5, 0.6) is 0 Å². The molecule has 0 bridgehead atoms. The standard InChI is InChI=1S/C6H10F4N2/c7-5(8)3-4(6(9)10)12-2-1-11-3/h3-6,11-12H,1-2H2. The quantitative estimate of drug-likeness (QED) is 0.612. The maximum Gasteiger partial charge on any atom is 0.255 e. The summed E-state index contributed by atoms with van der Waals surface area (Å²) in [5.41, 5.74) is 0. The molecule has 2 atom stereocenters. The van der Waals surface area contributed by atoms with Crippen LogP contribution in [0.1, 0.15) is 0 Å². The summed E-state index contributed by atoms with van der Waals surface area (Å²) in [5, 5.41) is 4.71. The van der Waals surface area contributed by atoms with E-state index in [2.05, 4.69) is 10.6 Å². The second kappa shape index (κ2) is 4.04. The molecule has 1 saturated heterocycles. The third-order valence-electron chi connectivity index (χ3n) is 1.81. The highest BCUT2D eigenvalue weighted by molar-refractivity contribution is 4.90. The van der Waals surface area contributed by atoms with Gasteiger partial charge in [-0.15, -0.1) is 0 Å². The SMILES string of the molecule is FC(F)C1NCCNC1C(F)F. The third-order valence-corrected chi connectivity index (χ3v) is 1.81. The van der Waals surface area contributed by atoms with E-state index in [1.807, 2.05) is 0 Å². The van der Waals surface area contributed by atoms with Gasteiger partial charge in [-0.1, -0.05) is 0 Å². The number of halogens is 4. The first kappa shape index (κ1) is 9.73. The summed E-state index contributed by atoms with van der Waals surface area (Å²) in [5.74, 6) is 0. The predicted octanol–water partition coefficient (Wildman–Crippen LogP) is 0.447. The van der Waals surface area contributed by atoms with Crippen molar-refractivity contribution in [2.24, 2.45) is 0 Å². The molecule has 0 saturated carbocycles. The molecule has 1 aliphatic heterocycles. The lowest BCUT2D eigenvalue weighted by atomic mass is 10.1. The van der Waals surface area contributed by atoms with Gasteiger partial charge in [0.2, 0.25) is 0 Å². The van der Waals surface area contributed by atoms with Crippen molar-refractivity contribution < 1.29 is 17.6 Å². The van der Waals surface area contributed by atoms with E-state index in [1.165, 1.54) is 0 Å². The lowest BCUT2D eigenvalue weighted by Gasteiger charge is -2.32.